The predicted molar refractivity (Wildman–Crippen MR) is 51.9 cm³/mol. The van der Waals surface area contributed by atoms with E-state index in [1.54, 1.807) is 0 Å². The Kier molecular flexibility index (Phi) is 7.19. The van der Waals surface area contributed by atoms with Crippen LogP contribution in [0.5, 0.6) is 0 Å². The van der Waals surface area contributed by atoms with Crippen molar-refractivity contribution in [3.63, 3.8) is 0 Å². The number of nitrogens with one attached hydrogen (secondary N) is 1. The number of hydrogen-bond acceptors (Lipinski definition) is 2. The second-order valence-corrected chi connectivity index (χ2v) is 3.41. The van der Waals surface area contributed by atoms with Gasteiger partial charge in [0.1, 0.15) is 0 Å². The van der Waals surface area contributed by atoms with Gasteiger partial charge in [-0.05, 0) is 0 Å². The number of amides is 1. The Balaban J connectivity index is 0.000000354. The van der Waals surface area contributed by atoms with Crippen LogP contribution in [0.4, 0.5) is 4.79 Å². The van der Waals surface area contributed by atoms with E-state index in [2.05, 4.69) is 21.2 Å². The monoisotopic (exact) mass is 238 g/mol. The second kappa shape index (κ2) is 7.36. The first-order valence-corrected chi connectivity index (χ1v) is 5.09. The van der Waals surface area contributed by atoms with Crippen LogP contribution < -0.4 is 5.32 Å². The zero-order valence-corrected chi connectivity index (χ0v) is 8.80. The smallest absolute Gasteiger partial charge is 0.407 e. The van der Waals surface area contributed by atoms with E-state index in [1.165, 1.54) is 4.90 Å². The maximum Gasteiger partial charge on any atom is 0.407 e. The number of carbonyl (C=O) groups is 1. The molecule has 1 saturated heterocycles. The van der Waals surface area contributed by atoms with Gasteiger partial charge in [0.25, 0.3) is 0 Å². The molecule has 1 amide bonds. The van der Waals surface area contributed by atoms with Gasteiger partial charge in [-0.1, -0.05) is 22.9 Å². The minimum absolute atomic E-state index is 0.620. The lowest BCUT2D eigenvalue weighted by Crippen LogP contribution is -2.45. The SMILES string of the molecule is CCBr.O=C(O)N1CCNCC1. The Morgan fingerprint density at radius 2 is 2.00 bits per heavy atom. The van der Waals surface area contributed by atoms with Crippen LogP contribution >= 0.6 is 15.9 Å². The summed E-state index contributed by atoms with van der Waals surface area (Å²) >= 11 is 3.15. The van der Waals surface area contributed by atoms with Gasteiger partial charge in [0, 0.05) is 31.5 Å². The molecule has 1 aliphatic rings. The van der Waals surface area contributed by atoms with E-state index in [9.17, 15) is 4.79 Å². The highest BCUT2D eigenvalue weighted by Gasteiger charge is 2.13. The third-order valence-corrected chi connectivity index (χ3v) is 1.39. The van der Waals surface area contributed by atoms with Crippen molar-refractivity contribution in [3.05, 3.63) is 0 Å². The van der Waals surface area contributed by atoms with Crippen molar-refractivity contribution in [2.75, 3.05) is 31.5 Å². The van der Waals surface area contributed by atoms with Crippen molar-refractivity contribution in [2.24, 2.45) is 0 Å². The molecule has 5 heteroatoms. The molecule has 0 aromatic carbocycles. The molecule has 1 heterocycles. The average Bonchev–Trinajstić information content (AvgIpc) is 2.07. The van der Waals surface area contributed by atoms with Gasteiger partial charge in [0.2, 0.25) is 0 Å². The standard InChI is InChI=1S/C5H10N2O2.C2H5Br/c8-5(9)7-3-1-6-2-4-7;1-2-3/h6H,1-4H2,(H,8,9);2H2,1H3. The van der Waals surface area contributed by atoms with Crippen molar-refractivity contribution in [3.8, 4) is 0 Å². The Labute approximate surface area is 81.1 Å². The summed E-state index contributed by atoms with van der Waals surface area (Å²) in [6, 6.07) is 0. The molecule has 4 nitrogen and oxygen atoms in total. The molecule has 72 valence electrons. The highest BCUT2D eigenvalue weighted by atomic mass is 79.9. The largest absolute Gasteiger partial charge is 0.465 e. The van der Waals surface area contributed by atoms with Gasteiger partial charge >= 0.3 is 6.09 Å². The summed E-state index contributed by atoms with van der Waals surface area (Å²) in [5.74, 6) is 0. The van der Waals surface area contributed by atoms with Crippen LogP contribution in [0.1, 0.15) is 6.92 Å². The molecule has 0 saturated carbocycles. The highest BCUT2D eigenvalue weighted by Crippen LogP contribution is 1.90. The summed E-state index contributed by atoms with van der Waals surface area (Å²) in [7, 11) is 0. The van der Waals surface area contributed by atoms with E-state index in [1.807, 2.05) is 6.92 Å². The molecule has 0 radical (unpaired) electrons. The lowest BCUT2D eigenvalue weighted by atomic mass is 10.4. The maximum atomic E-state index is 10.3. The maximum absolute atomic E-state index is 10.3. The van der Waals surface area contributed by atoms with Crippen molar-refractivity contribution >= 4 is 22.0 Å². The molecular formula is C7H15BrN2O2. The lowest BCUT2D eigenvalue weighted by molar-refractivity contribution is 0.139. The summed E-state index contributed by atoms with van der Waals surface area (Å²) in [4.78, 5) is 11.7. The number of piperazine rings is 1. The Morgan fingerprint density at radius 3 is 2.25 bits per heavy atom. The number of carboxylic acid groups (broad SMARTS) is 1. The summed E-state index contributed by atoms with van der Waals surface area (Å²) in [5.41, 5.74) is 0. The molecule has 0 spiro atoms. The van der Waals surface area contributed by atoms with Crippen LogP contribution in [0, 0.1) is 0 Å². The van der Waals surface area contributed by atoms with Crippen molar-refractivity contribution in [2.45, 2.75) is 6.92 Å². The van der Waals surface area contributed by atoms with Crippen LogP contribution in [0.2, 0.25) is 0 Å². The zero-order valence-electron chi connectivity index (χ0n) is 7.22. The molecule has 1 fully saturated rings. The molecule has 1 rings (SSSR count). The third kappa shape index (κ3) is 5.37. The van der Waals surface area contributed by atoms with Gasteiger partial charge in [-0.15, -0.1) is 0 Å². The summed E-state index contributed by atoms with van der Waals surface area (Å²) in [6.07, 6.45) is -0.809. The highest BCUT2D eigenvalue weighted by molar-refractivity contribution is 9.09. The Bertz CT molecular complexity index is 127. The van der Waals surface area contributed by atoms with Crippen LogP contribution in [-0.2, 0) is 0 Å². The van der Waals surface area contributed by atoms with E-state index in [0.29, 0.717) is 13.1 Å². The van der Waals surface area contributed by atoms with Gasteiger partial charge in [0.15, 0.2) is 0 Å². The zero-order chi connectivity index (χ0) is 9.40. The predicted octanol–water partition coefficient (Wildman–Crippen LogP) is 0.971. The van der Waals surface area contributed by atoms with Gasteiger partial charge in [-0.25, -0.2) is 4.79 Å². The minimum Gasteiger partial charge on any atom is -0.465 e. The number of nitrogens with zero attached hydrogens (tertiary/aromatic N) is 1. The van der Waals surface area contributed by atoms with E-state index in [-0.39, 0.29) is 0 Å². The molecular weight excluding hydrogens is 224 g/mol. The molecule has 0 bridgehead atoms. The van der Waals surface area contributed by atoms with E-state index in [4.69, 9.17) is 5.11 Å². The third-order valence-electron chi connectivity index (χ3n) is 1.39. The second-order valence-electron chi connectivity index (χ2n) is 2.29. The van der Waals surface area contributed by atoms with Crippen LogP contribution in [0.15, 0.2) is 0 Å². The van der Waals surface area contributed by atoms with E-state index < -0.39 is 6.09 Å². The number of rotatable bonds is 0. The van der Waals surface area contributed by atoms with Crippen LogP contribution in [-0.4, -0.2) is 47.6 Å². The van der Waals surface area contributed by atoms with Gasteiger partial charge in [-0.3, -0.25) is 0 Å². The molecule has 0 atom stereocenters. The molecule has 0 aromatic rings. The van der Waals surface area contributed by atoms with Crippen molar-refractivity contribution < 1.29 is 9.90 Å². The number of alkyl halides is 1. The minimum atomic E-state index is -0.809. The van der Waals surface area contributed by atoms with Crippen molar-refractivity contribution in [1.29, 1.82) is 0 Å². The molecule has 0 aromatic heterocycles. The first-order valence-electron chi connectivity index (χ1n) is 3.97. The molecule has 12 heavy (non-hydrogen) atoms. The fraction of sp³-hybridized carbons (Fsp3) is 0.857. The fourth-order valence-electron chi connectivity index (χ4n) is 0.856. The summed E-state index contributed by atoms with van der Waals surface area (Å²) in [6.45, 7) is 4.85. The molecule has 0 aliphatic carbocycles. The molecule has 2 N–H and O–H groups in total. The van der Waals surface area contributed by atoms with Crippen LogP contribution in [0.25, 0.3) is 0 Å². The number of halogens is 1. The Morgan fingerprint density at radius 1 is 1.58 bits per heavy atom. The van der Waals surface area contributed by atoms with Crippen molar-refractivity contribution in [1.82, 2.24) is 10.2 Å². The van der Waals surface area contributed by atoms with Gasteiger partial charge < -0.3 is 15.3 Å². The topological polar surface area (TPSA) is 52.6 Å². The van der Waals surface area contributed by atoms with Gasteiger partial charge in [-0.2, -0.15) is 0 Å². The fourth-order valence-corrected chi connectivity index (χ4v) is 0.856. The Hall–Kier alpha value is -0.290. The quantitative estimate of drug-likeness (QED) is 0.619. The normalized spacial score (nSPS) is 16.3. The molecule has 0 unspecified atom stereocenters. The summed E-state index contributed by atoms with van der Waals surface area (Å²) < 4.78 is 0. The van der Waals surface area contributed by atoms with Gasteiger partial charge in [0.05, 0.1) is 0 Å². The molecule has 1 aliphatic heterocycles. The lowest BCUT2D eigenvalue weighted by Gasteiger charge is -2.23. The van der Waals surface area contributed by atoms with Crippen LogP contribution in [0.3, 0.4) is 0 Å². The first kappa shape index (κ1) is 11.7. The average molecular weight is 239 g/mol. The number of hydrogen-bond donors (Lipinski definition) is 2. The van der Waals surface area contributed by atoms with E-state index >= 15 is 0 Å². The van der Waals surface area contributed by atoms with E-state index in [0.717, 1.165) is 18.4 Å². The first-order chi connectivity index (χ1) is 5.72. The summed E-state index contributed by atoms with van der Waals surface area (Å²) in [5, 5.41) is 12.6.